The summed E-state index contributed by atoms with van der Waals surface area (Å²) in [5, 5.41) is 13.7. The fourth-order valence-electron chi connectivity index (χ4n) is 2.42. The average Bonchev–Trinajstić information content (AvgIpc) is 2.60. The second kappa shape index (κ2) is 9.75. The third-order valence-electron chi connectivity index (χ3n) is 3.65. The minimum atomic E-state index is -0.939. The predicted molar refractivity (Wildman–Crippen MR) is 87.5 cm³/mol. The third-order valence-corrected chi connectivity index (χ3v) is 3.65. The molecule has 0 aromatic heterocycles. The van der Waals surface area contributed by atoms with Crippen LogP contribution in [0.1, 0.15) is 12.0 Å². The molecule has 1 aromatic rings. The van der Waals surface area contributed by atoms with E-state index >= 15 is 0 Å². The Kier molecular flexibility index (Phi) is 7.36. The topological polar surface area (TPSA) is 114 Å². The summed E-state index contributed by atoms with van der Waals surface area (Å²) in [5.74, 6) is -1.34. The van der Waals surface area contributed by atoms with E-state index in [1.807, 2.05) is 30.3 Å². The summed E-state index contributed by atoms with van der Waals surface area (Å²) >= 11 is 0. The summed E-state index contributed by atoms with van der Waals surface area (Å²) in [6.07, 6.45) is 0.146. The molecule has 1 aliphatic heterocycles. The van der Waals surface area contributed by atoms with E-state index < -0.39 is 24.0 Å². The number of piperazine rings is 1. The van der Waals surface area contributed by atoms with Gasteiger partial charge in [-0.1, -0.05) is 30.3 Å². The van der Waals surface area contributed by atoms with Crippen LogP contribution in [-0.2, 0) is 30.3 Å². The van der Waals surface area contributed by atoms with Gasteiger partial charge < -0.3 is 25.2 Å². The van der Waals surface area contributed by atoms with Gasteiger partial charge in [0, 0.05) is 6.42 Å². The van der Waals surface area contributed by atoms with Gasteiger partial charge in [-0.2, -0.15) is 0 Å². The highest BCUT2D eigenvalue weighted by molar-refractivity contribution is 5.98. The molecular weight excluding hydrogens is 328 g/mol. The maximum atomic E-state index is 12.1. The smallest absolute Gasteiger partial charge is 0.308 e. The molecule has 0 bridgehead atoms. The van der Waals surface area contributed by atoms with Gasteiger partial charge in [0.2, 0.25) is 11.8 Å². The van der Waals surface area contributed by atoms with Crippen molar-refractivity contribution in [2.24, 2.45) is 0 Å². The van der Waals surface area contributed by atoms with Crippen LogP contribution in [0.2, 0.25) is 0 Å². The highest BCUT2D eigenvalue weighted by Gasteiger charge is 2.35. The molecule has 2 unspecified atom stereocenters. The summed E-state index contributed by atoms with van der Waals surface area (Å²) in [5.41, 5.74) is 0.934. The van der Waals surface area contributed by atoms with Gasteiger partial charge in [-0.15, -0.1) is 0 Å². The summed E-state index contributed by atoms with van der Waals surface area (Å²) in [6.45, 7) is 0.250. The van der Waals surface area contributed by atoms with Crippen molar-refractivity contribution in [3.05, 3.63) is 35.9 Å². The van der Waals surface area contributed by atoms with Crippen molar-refractivity contribution < 1.29 is 29.0 Å². The second-order valence-corrected chi connectivity index (χ2v) is 5.57. The molecule has 1 saturated heterocycles. The number of aliphatic hydroxyl groups excluding tert-OH is 1. The predicted octanol–water partition coefficient (Wildman–Crippen LogP) is -0.845. The number of ether oxygens (including phenoxy) is 2. The lowest BCUT2D eigenvalue weighted by Crippen LogP contribution is -2.62. The molecule has 0 saturated carbocycles. The molecule has 1 fully saturated rings. The second-order valence-electron chi connectivity index (χ2n) is 5.57. The Hall–Kier alpha value is -2.45. The van der Waals surface area contributed by atoms with E-state index in [1.54, 1.807) is 0 Å². The van der Waals surface area contributed by atoms with Crippen molar-refractivity contribution in [1.82, 2.24) is 10.6 Å². The van der Waals surface area contributed by atoms with E-state index in [0.29, 0.717) is 6.42 Å². The maximum absolute atomic E-state index is 12.1. The van der Waals surface area contributed by atoms with Crippen LogP contribution in [0.4, 0.5) is 0 Å². The summed E-state index contributed by atoms with van der Waals surface area (Å²) in [7, 11) is 0. The van der Waals surface area contributed by atoms with E-state index in [9.17, 15) is 14.4 Å². The molecule has 1 aromatic carbocycles. The van der Waals surface area contributed by atoms with Crippen molar-refractivity contribution in [2.45, 2.75) is 24.9 Å². The van der Waals surface area contributed by atoms with Crippen molar-refractivity contribution in [3.8, 4) is 0 Å². The lowest BCUT2D eigenvalue weighted by atomic mass is 10.0. The Balaban J connectivity index is 1.76. The van der Waals surface area contributed by atoms with Gasteiger partial charge in [0.15, 0.2) is 0 Å². The van der Waals surface area contributed by atoms with Crippen LogP contribution < -0.4 is 10.6 Å². The number of hydrogen-bond donors (Lipinski definition) is 3. The fraction of sp³-hybridized carbons (Fsp3) is 0.471. The summed E-state index contributed by atoms with van der Waals surface area (Å²) < 4.78 is 9.88. The number of carbonyl (C=O) groups is 3. The molecule has 136 valence electrons. The number of amides is 2. The number of carbonyl (C=O) groups excluding carboxylic acids is 3. The lowest BCUT2D eigenvalue weighted by Gasteiger charge is -2.29. The van der Waals surface area contributed by atoms with Gasteiger partial charge in [0.05, 0.1) is 26.2 Å². The van der Waals surface area contributed by atoms with Crippen molar-refractivity contribution >= 4 is 17.8 Å². The van der Waals surface area contributed by atoms with Gasteiger partial charge in [0.25, 0.3) is 0 Å². The van der Waals surface area contributed by atoms with E-state index in [0.717, 1.165) is 5.56 Å². The quantitative estimate of drug-likeness (QED) is 0.395. The Labute approximate surface area is 145 Å². The van der Waals surface area contributed by atoms with Crippen LogP contribution in [0.15, 0.2) is 30.3 Å². The summed E-state index contributed by atoms with van der Waals surface area (Å²) in [4.78, 5) is 36.0. The number of rotatable bonds is 9. The van der Waals surface area contributed by atoms with Crippen molar-refractivity contribution in [2.75, 3.05) is 26.4 Å². The molecule has 2 atom stereocenters. The average molecular weight is 350 g/mol. The summed E-state index contributed by atoms with van der Waals surface area (Å²) in [6, 6.07) is 7.75. The standard InChI is InChI=1S/C17H22N2O6/c20-6-7-24-8-9-25-15(21)11-14-17(23)18-13(16(22)19-14)10-12-4-2-1-3-5-12/h1-5,13-14,20H,6-11H2,(H,18,23)(H,19,22). The molecule has 2 rings (SSSR count). The van der Waals surface area contributed by atoms with E-state index in [1.165, 1.54) is 0 Å². The molecule has 0 spiro atoms. The third kappa shape index (κ3) is 6.17. The molecule has 3 N–H and O–H groups in total. The molecule has 25 heavy (non-hydrogen) atoms. The van der Waals surface area contributed by atoms with Gasteiger partial charge >= 0.3 is 5.97 Å². The zero-order valence-corrected chi connectivity index (χ0v) is 13.8. The lowest BCUT2D eigenvalue weighted by molar-refractivity contribution is -0.149. The van der Waals surface area contributed by atoms with Gasteiger partial charge in [-0.25, -0.2) is 0 Å². The number of benzene rings is 1. The van der Waals surface area contributed by atoms with Gasteiger partial charge in [-0.3, -0.25) is 14.4 Å². The number of aliphatic hydroxyl groups is 1. The van der Waals surface area contributed by atoms with E-state index in [2.05, 4.69) is 10.6 Å². The molecule has 1 aliphatic rings. The highest BCUT2D eigenvalue weighted by Crippen LogP contribution is 2.08. The molecule has 2 amide bonds. The van der Waals surface area contributed by atoms with Crippen LogP contribution in [-0.4, -0.2) is 61.4 Å². The number of nitrogens with one attached hydrogen (secondary N) is 2. The largest absolute Gasteiger partial charge is 0.463 e. The molecule has 1 heterocycles. The number of esters is 1. The highest BCUT2D eigenvalue weighted by atomic mass is 16.6. The normalized spacial score (nSPS) is 19.9. The van der Waals surface area contributed by atoms with Gasteiger partial charge in [-0.05, 0) is 5.56 Å². The zero-order chi connectivity index (χ0) is 18.1. The van der Waals surface area contributed by atoms with Gasteiger partial charge in [0.1, 0.15) is 18.7 Å². The fourth-order valence-corrected chi connectivity index (χ4v) is 2.42. The molecule has 0 aliphatic carbocycles. The maximum Gasteiger partial charge on any atom is 0.308 e. The van der Waals surface area contributed by atoms with Crippen LogP contribution in [0, 0.1) is 0 Å². The van der Waals surface area contributed by atoms with Crippen molar-refractivity contribution in [1.29, 1.82) is 0 Å². The minimum Gasteiger partial charge on any atom is -0.463 e. The van der Waals surface area contributed by atoms with Crippen LogP contribution in [0.3, 0.4) is 0 Å². The Bertz CT molecular complexity index is 592. The molecule has 0 radical (unpaired) electrons. The first-order chi connectivity index (χ1) is 12.1. The van der Waals surface area contributed by atoms with E-state index in [4.69, 9.17) is 14.6 Å². The zero-order valence-electron chi connectivity index (χ0n) is 13.8. The van der Waals surface area contributed by atoms with Crippen LogP contribution in [0.25, 0.3) is 0 Å². The molecular formula is C17H22N2O6. The Morgan fingerprint density at radius 1 is 1.00 bits per heavy atom. The monoisotopic (exact) mass is 350 g/mol. The van der Waals surface area contributed by atoms with E-state index in [-0.39, 0.29) is 38.8 Å². The van der Waals surface area contributed by atoms with Crippen molar-refractivity contribution in [3.63, 3.8) is 0 Å². The molecule has 8 heteroatoms. The first kappa shape index (κ1) is 18.9. The minimum absolute atomic E-state index is 0.0255. The molecule has 8 nitrogen and oxygen atoms in total. The Morgan fingerprint density at radius 3 is 2.40 bits per heavy atom. The number of hydrogen-bond acceptors (Lipinski definition) is 6. The first-order valence-corrected chi connectivity index (χ1v) is 8.09. The Morgan fingerprint density at radius 2 is 1.68 bits per heavy atom. The SMILES string of the molecule is O=C(CC1NC(=O)C(Cc2ccccc2)NC1=O)OCCOCCO. The first-order valence-electron chi connectivity index (χ1n) is 8.09. The van der Waals surface area contributed by atoms with Crippen LogP contribution >= 0.6 is 0 Å². The van der Waals surface area contributed by atoms with Crippen LogP contribution in [0.5, 0.6) is 0 Å².